The molecule has 2 aliphatic rings. The number of hydrogen-bond donors (Lipinski definition) is 2. The maximum absolute atomic E-state index is 13.9. The molecule has 1 saturated carbocycles. The van der Waals surface area contributed by atoms with Crippen molar-refractivity contribution in [1.29, 1.82) is 0 Å². The first-order valence-electron chi connectivity index (χ1n) is 11.3. The van der Waals surface area contributed by atoms with Gasteiger partial charge in [0, 0.05) is 38.4 Å². The summed E-state index contributed by atoms with van der Waals surface area (Å²) in [6.45, 7) is 8.55. The van der Waals surface area contributed by atoms with Gasteiger partial charge in [-0.2, -0.15) is 0 Å². The molecule has 0 spiro atoms. The van der Waals surface area contributed by atoms with Gasteiger partial charge in [-0.05, 0) is 62.6 Å². The highest BCUT2D eigenvalue weighted by Crippen LogP contribution is 2.41. The van der Waals surface area contributed by atoms with Gasteiger partial charge in [0.2, 0.25) is 0 Å². The summed E-state index contributed by atoms with van der Waals surface area (Å²) >= 11 is 0. The van der Waals surface area contributed by atoms with Gasteiger partial charge in [0.25, 0.3) is 0 Å². The van der Waals surface area contributed by atoms with Crippen LogP contribution in [0.25, 0.3) is 0 Å². The van der Waals surface area contributed by atoms with Gasteiger partial charge >= 0.3 is 0 Å². The average Bonchev–Trinajstić information content (AvgIpc) is 3.21. The highest BCUT2D eigenvalue weighted by molar-refractivity contribution is 5.79. The van der Waals surface area contributed by atoms with E-state index in [0.717, 1.165) is 55.6 Å². The first-order valence-corrected chi connectivity index (χ1v) is 11.3. The molecule has 0 amide bonds. The lowest BCUT2D eigenvalue weighted by Crippen LogP contribution is -2.39. The third-order valence-corrected chi connectivity index (χ3v) is 6.00. The Morgan fingerprint density at radius 2 is 2.07 bits per heavy atom. The van der Waals surface area contributed by atoms with E-state index in [1.807, 2.05) is 6.92 Å². The second-order valence-corrected chi connectivity index (χ2v) is 8.19. The molecule has 1 aliphatic carbocycles. The normalized spacial score (nSPS) is 18.0. The Hall–Kier alpha value is -1.86. The summed E-state index contributed by atoms with van der Waals surface area (Å²) in [5.74, 6) is 1.32. The molecule has 1 aromatic carbocycles. The van der Waals surface area contributed by atoms with E-state index in [0.29, 0.717) is 19.6 Å². The van der Waals surface area contributed by atoms with Crippen LogP contribution in [0, 0.1) is 11.2 Å². The first-order chi connectivity index (χ1) is 14.7. The van der Waals surface area contributed by atoms with Crippen molar-refractivity contribution in [2.75, 3.05) is 39.6 Å². The topological polar surface area (TPSA) is 64.1 Å². The van der Waals surface area contributed by atoms with Gasteiger partial charge < -0.3 is 24.8 Å². The summed E-state index contributed by atoms with van der Waals surface area (Å²) in [7, 11) is 0. The van der Waals surface area contributed by atoms with E-state index >= 15 is 0 Å². The summed E-state index contributed by atoms with van der Waals surface area (Å²) in [6.07, 6.45) is 6.72. The van der Waals surface area contributed by atoms with Crippen LogP contribution in [0.4, 0.5) is 4.39 Å². The Kier molecular flexibility index (Phi) is 8.75. The summed E-state index contributed by atoms with van der Waals surface area (Å²) in [4.78, 5) is 4.90. The van der Waals surface area contributed by atoms with E-state index in [1.165, 1.54) is 31.7 Å². The highest BCUT2D eigenvalue weighted by atomic mass is 19.1. The predicted octanol–water partition coefficient (Wildman–Crippen LogP) is 3.78. The quantitative estimate of drug-likeness (QED) is 0.342. The van der Waals surface area contributed by atoms with Crippen LogP contribution in [0.2, 0.25) is 0 Å². The number of fused-ring (bicyclic) bond motifs is 1. The minimum Gasteiger partial charge on any atom is -0.467 e. The zero-order valence-corrected chi connectivity index (χ0v) is 18.4. The van der Waals surface area contributed by atoms with E-state index in [1.54, 1.807) is 6.07 Å². The minimum absolute atomic E-state index is 0.215. The van der Waals surface area contributed by atoms with Gasteiger partial charge in [-0.25, -0.2) is 4.39 Å². The van der Waals surface area contributed by atoms with Gasteiger partial charge in [0.1, 0.15) is 11.6 Å². The molecule has 1 aromatic rings. The van der Waals surface area contributed by atoms with Gasteiger partial charge in [-0.3, -0.25) is 4.99 Å². The predicted molar refractivity (Wildman–Crippen MR) is 116 cm³/mol. The number of ether oxygens (including phenoxy) is 3. The van der Waals surface area contributed by atoms with Crippen molar-refractivity contribution >= 4 is 5.96 Å². The van der Waals surface area contributed by atoms with Gasteiger partial charge in [0.05, 0.1) is 6.61 Å². The van der Waals surface area contributed by atoms with E-state index in [-0.39, 0.29) is 18.0 Å². The fraction of sp³-hybridized carbons (Fsp3) is 0.696. The van der Waals surface area contributed by atoms with Crippen molar-refractivity contribution in [1.82, 2.24) is 10.6 Å². The summed E-state index contributed by atoms with van der Waals surface area (Å²) in [5, 5.41) is 6.74. The molecule has 0 saturated heterocycles. The van der Waals surface area contributed by atoms with Crippen LogP contribution in [-0.2, 0) is 22.5 Å². The molecule has 0 bridgehead atoms. The number of aliphatic imine (C=N–C) groups is 1. The van der Waals surface area contributed by atoms with E-state index in [9.17, 15) is 4.39 Å². The van der Waals surface area contributed by atoms with E-state index in [2.05, 4.69) is 17.6 Å². The van der Waals surface area contributed by atoms with Crippen LogP contribution >= 0.6 is 0 Å². The molecule has 1 fully saturated rings. The van der Waals surface area contributed by atoms with Crippen LogP contribution < -0.4 is 15.4 Å². The molecule has 6 nitrogen and oxygen atoms in total. The van der Waals surface area contributed by atoms with E-state index in [4.69, 9.17) is 19.2 Å². The molecule has 1 heterocycles. The number of guanidine groups is 1. The molecule has 168 valence electrons. The van der Waals surface area contributed by atoms with Crippen molar-refractivity contribution in [3.63, 3.8) is 0 Å². The summed E-state index contributed by atoms with van der Waals surface area (Å²) in [5.41, 5.74) is 1.89. The Bertz CT molecular complexity index is 705. The lowest BCUT2D eigenvalue weighted by molar-refractivity contribution is -0.0172. The van der Waals surface area contributed by atoms with Crippen LogP contribution in [0.1, 0.15) is 57.1 Å². The average molecular weight is 422 g/mol. The van der Waals surface area contributed by atoms with Gasteiger partial charge in [-0.1, -0.05) is 12.8 Å². The molecule has 7 heteroatoms. The molecule has 2 N–H and O–H groups in total. The van der Waals surface area contributed by atoms with Crippen molar-refractivity contribution in [3.8, 4) is 5.75 Å². The molecule has 30 heavy (non-hydrogen) atoms. The zero-order chi connectivity index (χ0) is 21.2. The molecular formula is C23H36FN3O3. The number of nitrogens with one attached hydrogen (secondary N) is 2. The standard InChI is InChI=1S/C23H36FN3O3/c1-3-25-22(27-16-23(8-5-6-9-23)10-12-28-4-2)26-11-7-18-13-20(24)14-19-15-29-17-30-21(18)19/h13-14H,3-12,15-17H2,1-2H3,(H2,25,26,27). The number of hydrogen-bond acceptors (Lipinski definition) is 4. The molecular weight excluding hydrogens is 385 g/mol. The monoisotopic (exact) mass is 421 g/mol. The molecule has 0 unspecified atom stereocenters. The molecule has 3 rings (SSSR count). The SMILES string of the molecule is CCNC(=NCC1(CCOCC)CCCC1)NCCc1cc(F)cc2c1OCOC2. The van der Waals surface area contributed by atoms with Crippen LogP contribution in [0.5, 0.6) is 5.75 Å². The molecule has 0 atom stereocenters. The highest BCUT2D eigenvalue weighted by Gasteiger charge is 2.33. The Labute approximate surface area is 179 Å². The third-order valence-electron chi connectivity index (χ3n) is 6.00. The Morgan fingerprint density at radius 3 is 2.83 bits per heavy atom. The smallest absolute Gasteiger partial charge is 0.191 e. The number of benzene rings is 1. The molecule has 0 aromatic heterocycles. The van der Waals surface area contributed by atoms with Crippen LogP contribution in [-0.4, -0.2) is 45.6 Å². The first kappa shape index (κ1) is 22.8. The van der Waals surface area contributed by atoms with Crippen LogP contribution in [0.3, 0.4) is 0 Å². The fourth-order valence-electron chi connectivity index (χ4n) is 4.39. The van der Waals surface area contributed by atoms with Crippen molar-refractivity contribution in [3.05, 3.63) is 29.1 Å². The number of halogens is 1. The van der Waals surface area contributed by atoms with Crippen molar-refractivity contribution < 1.29 is 18.6 Å². The maximum Gasteiger partial charge on any atom is 0.191 e. The second kappa shape index (κ2) is 11.5. The minimum atomic E-state index is -0.254. The Balaban J connectivity index is 1.58. The van der Waals surface area contributed by atoms with Gasteiger partial charge in [-0.15, -0.1) is 0 Å². The summed E-state index contributed by atoms with van der Waals surface area (Å²) < 4.78 is 30.4. The van der Waals surface area contributed by atoms with E-state index < -0.39 is 0 Å². The third kappa shape index (κ3) is 6.32. The number of rotatable bonds is 10. The fourth-order valence-corrected chi connectivity index (χ4v) is 4.39. The summed E-state index contributed by atoms with van der Waals surface area (Å²) in [6, 6.07) is 3.04. The maximum atomic E-state index is 13.9. The number of nitrogens with zero attached hydrogens (tertiary/aromatic N) is 1. The van der Waals surface area contributed by atoms with Crippen LogP contribution in [0.15, 0.2) is 17.1 Å². The Morgan fingerprint density at radius 1 is 1.23 bits per heavy atom. The lowest BCUT2D eigenvalue weighted by atomic mass is 9.83. The largest absolute Gasteiger partial charge is 0.467 e. The van der Waals surface area contributed by atoms with Crippen molar-refractivity contribution in [2.24, 2.45) is 10.4 Å². The van der Waals surface area contributed by atoms with Gasteiger partial charge in [0.15, 0.2) is 12.8 Å². The lowest BCUT2D eigenvalue weighted by Gasteiger charge is -2.27. The molecule has 1 aliphatic heterocycles. The zero-order valence-electron chi connectivity index (χ0n) is 18.4. The molecule has 0 radical (unpaired) electrons. The van der Waals surface area contributed by atoms with Crippen molar-refractivity contribution in [2.45, 2.75) is 59.0 Å². The second-order valence-electron chi connectivity index (χ2n) is 8.19.